The number of H-pyrrole nitrogens is 1. The maximum Gasteiger partial charge on any atom is 0.273 e. The van der Waals surface area contributed by atoms with Crippen molar-refractivity contribution in [2.45, 2.75) is 6.04 Å². The van der Waals surface area contributed by atoms with E-state index >= 15 is 4.39 Å². The number of hydrogen-bond acceptors (Lipinski definition) is 8. The van der Waals surface area contributed by atoms with Crippen LogP contribution >= 0.6 is 0 Å². The van der Waals surface area contributed by atoms with Crippen molar-refractivity contribution in [3.63, 3.8) is 0 Å². The number of methoxy groups -OCH3 is 1. The lowest BCUT2D eigenvalue weighted by Gasteiger charge is -2.44. The van der Waals surface area contributed by atoms with Crippen LogP contribution in [0.3, 0.4) is 0 Å². The molecule has 4 heterocycles. The molecule has 188 valence electrons. The molecule has 0 bridgehead atoms. The van der Waals surface area contributed by atoms with Crippen molar-refractivity contribution in [3.8, 4) is 28.8 Å². The van der Waals surface area contributed by atoms with Crippen molar-refractivity contribution in [1.82, 2.24) is 24.9 Å². The molecule has 2 aromatic carbocycles. The Morgan fingerprint density at radius 3 is 2.81 bits per heavy atom. The summed E-state index contributed by atoms with van der Waals surface area (Å²) in [6.45, 7) is 5.40. The molecule has 2 aromatic heterocycles. The third-order valence-corrected chi connectivity index (χ3v) is 7.02. The van der Waals surface area contributed by atoms with E-state index in [1.54, 1.807) is 6.07 Å². The predicted octanol–water partition coefficient (Wildman–Crippen LogP) is 2.32. The third kappa shape index (κ3) is 4.00. The number of fused-ring (bicyclic) bond motifs is 2. The fraction of sp³-hybridized carbons (Fsp3) is 0.308. The SMILES string of the molecule is COc1ccc(C#N)c(F)c1-n1nc2c(-c3ccc(N4CCN5CCOC[C@H]5C4)cc3)n[nH]c2cc1=O. The molecule has 1 N–H and O–H groups in total. The number of ether oxygens (including phenoxy) is 2. The Morgan fingerprint density at radius 2 is 2.03 bits per heavy atom. The standard InChI is InChI=1S/C26H24FN7O3/c1-36-21-7-4-17(13-28)23(27)26(21)34-22(35)12-20-25(31-34)24(30-29-20)16-2-5-18(6-3-16)33-9-8-32-10-11-37-15-19(32)14-33/h2-7,12,19,29H,8-11,14-15H2,1H3/t19-/m1/s1. The lowest BCUT2D eigenvalue weighted by molar-refractivity contribution is -0.0116. The van der Waals surface area contributed by atoms with Crippen molar-refractivity contribution in [2.24, 2.45) is 0 Å². The zero-order valence-corrected chi connectivity index (χ0v) is 20.1. The summed E-state index contributed by atoms with van der Waals surface area (Å²) in [5, 5.41) is 20.9. The van der Waals surface area contributed by atoms with Gasteiger partial charge in [0.15, 0.2) is 5.82 Å². The highest BCUT2D eigenvalue weighted by Gasteiger charge is 2.29. The van der Waals surface area contributed by atoms with Crippen LogP contribution in [0.5, 0.6) is 5.75 Å². The maximum absolute atomic E-state index is 15.1. The number of anilines is 1. The van der Waals surface area contributed by atoms with E-state index in [-0.39, 0.29) is 17.0 Å². The number of morpholine rings is 1. The maximum atomic E-state index is 15.1. The zero-order valence-electron chi connectivity index (χ0n) is 20.1. The molecular formula is C26H24FN7O3. The number of nitrogens with one attached hydrogen (secondary N) is 1. The van der Waals surface area contributed by atoms with Crippen molar-refractivity contribution >= 4 is 16.7 Å². The van der Waals surface area contributed by atoms with E-state index in [0.29, 0.717) is 22.8 Å². The first kappa shape index (κ1) is 23.1. The van der Waals surface area contributed by atoms with E-state index in [1.807, 2.05) is 24.3 Å². The molecule has 2 fully saturated rings. The summed E-state index contributed by atoms with van der Waals surface area (Å²) in [6, 6.07) is 14.2. The highest BCUT2D eigenvalue weighted by Crippen LogP contribution is 2.30. The Hall–Kier alpha value is -4.27. The van der Waals surface area contributed by atoms with Crippen molar-refractivity contribution in [3.05, 3.63) is 64.2 Å². The van der Waals surface area contributed by atoms with Crippen molar-refractivity contribution in [1.29, 1.82) is 5.26 Å². The molecule has 0 amide bonds. The Kier molecular flexibility index (Phi) is 5.82. The van der Waals surface area contributed by atoms with Gasteiger partial charge >= 0.3 is 0 Å². The molecule has 0 saturated carbocycles. The van der Waals surface area contributed by atoms with Gasteiger partial charge in [-0.1, -0.05) is 12.1 Å². The van der Waals surface area contributed by atoms with Gasteiger partial charge in [0, 0.05) is 43.5 Å². The summed E-state index contributed by atoms with van der Waals surface area (Å²) in [5.74, 6) is -0.794. The minimum atomic E-state index is -0.881. The summed E-state index contributed by atoms with van der Waals surface area (Å²) in [6.07, 6.45) is 0. The van der Waals surface area contributed by atoms with Crippen LogP contribution in [0.4, 0.5) is 10.1 Å². The number of piperazine rings is 1. The molecule has 2 aliphatic heterocycles. The number of hydrogen-bond donors (Lipinski definition) is 1. The second-order valence-corrected chi connectivity index (χ2v) is 9.08. The van der Waals surface area contributed by atoms with Gasteiger partial charge < -0.3 is 14.4 Å². The summed E-state index contributed by atoms with van der Waals surface area (Å²) in [7, 11) is 1.36. The number of nitrogens with zero attached hydrogens (tertiary/aromatic N) is 6. The van der Waals surface area contributed by atoms with Crippen LogP contribution in [0, 0.1) is 17.1 Å². The van der Waals surface area contributed by atoms with Gasteiger partial charge in [-0.2, -0.15) is 20.1 Å². The average Bonchev–Trinajstić information content (AvgIpc) is 3.34. The molecule has 0 spiro atoms. The minimum Gasteiger partial charge on any atom is -0.494 e. The van der Waals surface area contributed by atoms with E-state index in [1.165, 1.54) is 25.3 Å². The van der Waals surface area contributed by atoms with Crippen LogP contribution in [0.1, 0.15) is 5.56 Å². The number of aromatic nitrogens is 4. The molecule has 0 unspecified atom stereocenters. The van der Waals surface area contributed by atoms with Gasteiger partial charge in [0.1, 0.15) is 28.7 Å². The molecule has 10 nitrogen and oxygen atoms in total. The molecule has 37 heavy (non-hydrogen) atoms. The van der Waals surface area contributed by atoms with E-state index < -0.39 is 11.4 Å². The lowest BCUT2D eigenvalue weighted by Crippen LogP contribution is -2.58. The third-order valence-electron chi connectivity index (χ3n) is 7.02. The van der Waals surface area contributed by atoms with Crippen LogP contribution in [0.15, 0.2) is 47.3 Å². The van der Waals surface area contributed by atoms with Crippen LogP contribution in [-0.4, -0.2) is 77.4 Å². The first-order valence-corrected chi connectivity index (χ1v) is 12.0. The summed E-state index contributed by atoms with van der Waals surface area (Å²) in [4.78, 5) is 17.7. The Bertz CT molecular complexity index is 1570. The Morgan fingerprint density at radius 1 is 1.19 bits per heavy atom. The molecular weight excluding hydrogens is 477 g/mol. The van der Waals surface area contributed by atoms with Gasteiger partial charge in [-0.05, 0) is 24.3 Å². The summed E-state index contributed by atoms with van der Waals surface area (Å²) in [5.41, 5.74) is 2.22. The second-order valence-electron chi connectivity index (χ2n) is 9.08. The molecule has 6 rings (SSSR count). The molecule has 2 saturated heterocycles. The Balaban J connectivity index is 1.36. The van der Waals surface area contributed by atoms with E-state index in [2.05, 4.69) is 25.1 Å². The predicted molar refractivity (Wildman–Crippen MR) is 135 cm³/mol. The number of rotatable bonds is 4. The number of halogens is 1. The van der Waals surface area contributed by atoms with E-state index in [4.69, 9.17) is 9.47 Å². The topological polar surface area (TPSA) is 112 Å². The van der Waals surface area contributed by atoms with Gasteiger partial charge in [-0.15, -0.1) is 0 Å². The van der Waals surface area contributed by atoms with Gasteiger partial charge in [-0.25, -0.2) is 4.39 Å². The van der Waals surface area contributed by atoms with Gasteiger partial charge in [-0.3, -0.25) is 14.8 Å². The molecule has 4 aromatic rings. The van der Waals surface area contributed by atoms with Gasteiger partial charge in [0.25, 0.3) is 5.56 Å². The molecule has 0 radical (unpaired) electrons. The van der Waals surface area contributed by atoms with Crippen LogP contribution in [-0.2, 0) is 4.74 Å². The smallest absolute Gasteiger partial charge is 0.273 e. The molecule has 0 aliphatic carbocycles. The molecule has 1 atom stereocenters. The number of aromatic amines is 1. The Labute approximate surface area is 211 Å². The van der Waals surface area contributed by atoms with Crippen molar-refractivity contribution in [2.75, 3.05) is 51.4 Å². The highest BCUT2D eigenvalue weighted by molar-refractivity contribution is 5.89. The van der Waals surface area contributed by atoms with Crippen molar-refractivity contribution < 1.29 is 13.9 Å². The van der Waals surface area contributed by atoms with E-state index in [0.717, 1.165) is 55.3 Å². The summed E-state index contributed by atoms with van der Waals surface area (Å²) >= 11 is 0. The monoisotopic (exact) mass is 501 g/mol. The van der Waals surface area contributed by atoms with E-state index in [9.17, 15) is 10.1 Å². The minimum absolute atomic E-state index is 0.0864. The lowest BCUT2D eigenvalue weighted by atomic mass is 10.1. The first-order valence-electron chi connectivity index (χ1n) is 12.0. The van der Waals surface area contributed by atoms with Gasteiger partial charge in [0.05, 0.1) is 37.4 Å². The zero-order chi connectivity index (χ0) is 25.5. The normalized spacial score (nSPS) is 18.0. The van der Waals surface area contributed by atoms with Crippen LogP contribution in [0.25, 0.3) is 28.0 Å². The van der Waals surface area contributed by atoms with Gasteiger partial charge in [0.2, 0.25) is 0 Å². The fourth-order valence-electron chi connectivity index (χ4n) is 5.05. The highest BCUT2D eigenvalue weighted by atomic mass is 19.1. The quantitative estimate of drug-likeness (QED) is 0.454. The number of nitriles is 1. The largest absolute Gasteiger partial charge is 0.494 e. The second kappa shape index (κ2) is 9.31. The average molecular weight is 502 g/mol. The fourth-order valence-corrected chi connectivity index (χ4v) is 5.05. The summed E-state index contributed by atoms with van der Waals surface area (Å²) < 4.78 is 27.0. The number of benzene rings is 2. The molecule has 2 aliphatic rings. The first-order chi connectivity index (χ1) is 18.1. The van der Waals surface area contributed by atoms with Crippen LogP contribution < -0.4 is 15.2 Å². The van der Waals surface area contributed by atoms with Crippen LogP contribution in [0.2, 0.25) is 0 Å². The molecule has 11 heteroatoms.